The average molecular weight is 170 g/mol. The second kappa shape index (κ2) is 5.31. The Morgan fingerprint density at radius 1 is 1.25 bits per heavy atom. The SMILES string of the molecule is [CH2]C(=O)CCN(C(C)C)C(C)C. The number of nitrogens with zero attached hydrogens (tertiary/aromatic N) is 1. The maximum Gasteiger partial charge on any atom is 0.134 e. The number of carbonyl (C=O) groups excluding carboxylic acids is 1. The van der Waals surface area contributed by atoms with Crippen LogP contribution in [0.15, 0.2) is 0 Å². The Bertz CT molecular complexity index is 133. The van der Waals surface area contributed by atoms with Gasteiger partial charge in [0.2, 0.25) is 0 Å². The molecule has 2 nitrogen and oxygen atoms in total. The smallest absolute Gasteiger partial charge is 0.134 e. The van der Waals surface area contributed by atoms with Gasteiger partial charge in [0.1, 0.15) is 5.78 Å². The van der Waals surface area contributed by atoms with Crippen LogP contribution in [-0.2, 0) is 4.79 Å². The predicted octanol–water partition coefficient (Wildman–Crippen LogP) is 1.90. The van der Waals surface area contributed by atoms with Gasteiger partial charge in [0.05, 0.1) is 0 Å². The first-order valence-electron chi connectivity index (χ1n) is 4.55. The van der Waals surface area contributed by atoms with E-state index < -0.39 is 0 Å². The van der Waals surface area contributed by atoms with Crippen LogP contribution < -0.4 is 0 Å². The first-order valence-corrected chi connectivity index (χ1v) is 4.55. The normalized spacial score (nSPS) is 11.7. The highest BCUT2D eigenvalue weighted by Gasteiger charge is 2.12. The minimum Gasteiger partial charge on any atom is -0.300 e. The number of rotatable bonds is 5. The third-order valence-corrected chi connectivity index (χ3v) is 1.98. The van der Waals surface area contributed by atoms with Crippen molar-refractivity contribution in [3.63, 3.8) is 0 Å². The van der Waals surface area contributed by atoms with Gasteiger partial charge in [-0.3, -0.25) is 9.69 Å². The fraction of sp³-hybridized carbons (Fsp3) is 0.800. The Morgan fingerprint density at radius 3 is 1.92 bits per heavy atom. The minimum absolute atomic E-state index is 0.0290. The molecule has 0 saturated carbocycles. The summed E-state index contributed by atoms with van der Waals surface area (Å²) in [5, 5.41) is 0. The van der Waals surface area contributed by atoms with Crippen molar-refractivity contribution in [3.8, 4) is 0 Å². The maximum absolute atomic E-state index is 10.7. The third kappa shape index (κ3) is 4.50. The van der Waals surface area contributed by atoms with Crippen molar-refractivity contribution in [2.24, 2.45) is 0 Å². The largest absolute Gasteiger partial charge is 0.300 e. The predicted molar refractivity (Wildman–Crippen MR) is 52.0 cm³/mol. The summed E-state index contributed by atoms with van der Waals surface area (Å²) in [5.41, 5.74) is 0. The molecule has 71 valence electrons. The molecular weight excluding hydrogens is 150 g/mol. The van der Waals surface area contributed by atoms with Crippen LogP contribution >= 0.6 is 0 Å². The van der Waals surface area contributed by atoms with Gasteiger partial charge >= 0.3 is 0 Å². The van der Waals surface area contributed by atoms with E-state index in [4.69, 9.17) is 0 Å². The van der Waals surface area contributed by atoms with Crippen LogP contribution in [0.25, 0.3) is 0 Å². The van der Waals surface area contributed by atoms with E-state index >= 15 is 0 Å². The molecule has 0 saturated heterocycles. The van der Waals surface area contributed by atoms with Crippen molar-refractivity contribution >= 4 is 5.78 Å². The standard InChI is InChI=1S/C10H20NO/c1-8(2)11(9(3)4)7-6-10(5)12/h8-9H,5-7H2,1-4H3. The highest BCUT2D eigenvalue weighted by atomic mass is 16.1. The quantitative estimate of drug-likeness (QED) is 0.628. The van der Waals surface area contributed by atoms with Gasteiger partial charge in [0.15, 0.2) is 0 Å². The van der Waals surface area contributed by atoms with Crippen LogP contribution in [0.3, 0.4) is 0 Å². The van der Waals surface area contributed by atoms with Crippen molar-refractivity contribution in [3.05, 3.63) is 6.92 Å². The number of hydrogen-bond acceptors (Lipinski definition) is 2. The molecule has 0 aromatic heterocycles. The molecule has 2 heteroatoms. The second-order valence-corrected chi connectivity index (χ2v) is 3.71. The van der Waals surface area contributed by atoms with Crippen LogP contribution in [0.1, 0.15) is 34.1 Å². The molecule has 0 spiro atoms. The summed E-state index contributed by atoms with van der Waals surface area (Å²) >= 11 is 0. The summed E-state index contributed by atoms with van der Waals surface area (Å²) in [6.07, 6.45) is 0.566. The fourth-order valence-corrected chi connectivity index (χ4v) is 1.37. The van der Waals surface area contributed by atoms with Gasteiger partial charge in [-0.15, -0.1) is 0 Å². The molecule has 0 aliphatic heterocycles. The van der Waals surface area contributed by atoms with Gasteiger partial charge in [-0.2, -0.15) is 0 Å². The summed E-state index contributed by atoms with van der Waals surface area (Å²) in [4.78, 5) is 13.0. The zero-order valence-electron chi connectivity index (χ0n) is 8.63. The lowest BCUT2D eigenvalue weighted by Gasteiger charge is -2.29. The summed E-state index contributed by atoms with van der Waals surface area (Å²) in [6.45, 7) is 12.8. The number of ketones is 1. The Hall–Kier alpha value is -0.370. The van der Waals surface area contributed by atoms with E-state index in [1.807, 2.05) is 0 Å². The van der Waals surface area contributed by atoms with Crippen molar-refractivity contribution < 1.29 is 4.79 Å². The van der Waals surface area contributed by atoms with Crippen LogP contribution in [-0.4, -0.2) is 29.3 Å². The molecule has 0 aromatic rings. The second-order valence-electron chi connectivity index (χ2n) is 3.71. The highest BCUT2D eigenvalue weighted by Crippen LogP contribution is 2.05. The zero-order valence-corrected chi connectivity index (χ0v) is 8.63. The average Bonchev–Trinajstić information content (AvgIpc) is 1.84. The molecule has 0 atom stereocenters. The molecule has 0 aliphatic rings. The molecule has 0 heterocycles. The molecule has 0 N–H and O–H groups in total. The van der Waals surface area contributed by atoms with Gasteiger partial charge in [-0.25, -0.2) is 0 Å². The third-order valence-electron chi connectivity index (χ3n) is 1.98. The van der Waals surface area contributed by atoms with Gasteiger partial charge in [0, 0.05) is 32.0 Å². The van der Waals surface area contributed by atoms with Gasteiger partial charge < -0.3 is 0 Å². The number of carbonyl (C=O) groups is 1. The summed E-state index contributed by atoms with van der Waals surface area (Å²) in [7, 11) is 0. The van der Waals surface area contributed by atoms with Crippen molar-refractivity contribution in [1.29, 1.82) is 0 Å². The Balaban J connectivity index is 3.88. The van der Waals surface area contributed by atoms with Crippen LogP contribution in [0.5, 0.6) is 0 Å². The monoisotopic (exact) mass is 170 g/mol. The molecule has 0 aliphatic carbocycles. The van der Waals surface area contributed by atoms with Gasteiger partial charge in [-0.05, 0) is 27.7 Å². The van der Waals surface area contributed by atoms with E-state index in [-0.39, 0.29) is 5.78 Å². The molecule has 12 heavy (non-hydrogen) atoms. The zero-order chi connectivity index (χ0) is 9.72. The number of Topliss-reactive ketones (excluding diaryl/α,β-unsaturated/α-hetero) is 1. The first kappa shape index (κ1) is 11.6. The van der Waals surface area contributed by atoms with E-state index in [2.05, 4.69) is 39.5 Å². The Labute approximate surface area is 75.9 Å². The Morgan fingerprint density at radius 2 is 1.67 bits per heavy atom. The van der Waals surface area contributed by atoms with Crippen LogP contribution in [0.2, 0.25) is 0 Å². The van der Waals surface area contributed by atoms with E-state index in [0.717, 1.165) is 6.54 Å². The molecule has 0 amide bonds. The van der Waals surface area contributed by atoms with Crippen molar-refractivity contribution in [1.82, 2.24) is 4.90 Å². The first-order chi connectivity index (χ1) is 5.45. The number of hydrogen-bond donors (Lipinski definition) is 0. The van der Waals surface area contributed by atoms with E-state index in [1.165, 1.54) is 0 Å². The van der Waals surface area contributed by atoms with Crippen molar-refractivity contribution in [2.75, 3.05) is 6.54 Å². The summed E-state index contributed by atoms with van der Waals surface area (Å²) in [6, 6.07) is 1.01. The molecule has 1 radical (unpaired) electrons. The molecule has 0 fully saturated rings. The fourth-order valence-electron chi connectivity index (χ4n) is 1.37. The molecule has 0 aromatic carbocycles. The van der Waals surface area contributed by atoms with Gasteiger partial charge in [-0.1, -0.05) is 0 Å². The summed E-state index contributed by atoms with van der Waals surface area (Å²) < 4.78 is 0. The summed E-state index contributed by atoms with van der Waals surface area (Å²) in [5.74, 6) is 0.0290. The highest BCUT2D eigenvalue weighted by molar-refractivity contribution is 5.82. The maximum atomic E-state index is 10.7. The lowest BCUT2D eigenvalue weighted by atomic mass is 10.2. The lowest BCUT2D eigenvalue weighted by Crippen LogP contribution is -2.38. The van der Waals surface area contributed by atoms with Gasteiger partial charge in [0.25, 0.3) is 0 Å². The van der Waals surface area contributed by atoms with Crippen LogP contribution in [0.4, 0.5) is 0 Å². The minimum atomic E-state index is 0.0290. The van der Waals surface area contributed by atoms with E-state index in [0.29, 0.717) is 18.5 Å². The Kier molecular flexibility index (Phi) is 5.14. The molecule has 0 unspecified atom stereocenters. The molecule has 0 rings (SSSR count). The molecule has 0 bridgehead atoms. The van der Waals surface area contributed by atoms with E-state index in [9.17, 15) is 4.79 Å². The van der Waals surface area contributed by atoms with E-state index in [1.54, 1.807) is 0 Å². The lowest BCUT2D eigenvalue weighted by molar-refractivity contribution is -0.115. The molecular formula is C10H20NO. The van der Waals surface area contributed by atoms with Crippen molar-refractivity contribution in [2.45, 2.75) is 46.2 Å². The topological polar surface area (TPSA) is 20.3 Å². The van der Waals surface area contributed by atoms with Crippen LogP contribution in [0, 0.1) is 6.92 Å².